The molecule has 1 aromatic carbocycles. The number of benzene rings is 1. The Balaban J connectivity index is 2.88. The van der Waals surface area contributed by atoms with Gasteiger partial charge in [0.05, 0.1) is 11.3 Å². The minimum atomic E-state index is -4.46. The van der Waals surface area contributed by atoms with Crippen LogP contribution in [0.15, 0.2) is 18.2 Å². The molecule has 1 aromatic rings. The summed E-state index contributed by atoms with van der Waals surface area (Å²) in [6.07, 6.45) is -4.46. The molecule has 4 nitrogen and oxygen atoms in total. The number of nitrogen functional groups attached to an aromatic ring is 1. The van der Waals surface area contributed by atoms with Gasteiger partial charge in [0.15, 0.2) is 6.61 Å². The average Bonchev–Trinajstić information content (AvgIpc) is 2.14. The quantitative estimate of drug-likeness (QED) is 0.770. The van der Waals surface area contributed by atoms with Crippen molar-refractivity contribution in [1.29, 1.82) is 0 Å². The van der Waals surface area contributed by atoms with Gasteiger partial charge in [-0.2, -0.15) is 13.2 Å². The van der Waals surface area contributed by atoms with E-state index in [2.05, 4.69) is 0 Å². The number of nitrogens with two attached hydrogens (primary N) is 2. The Labute approximate surface area is 89.0 Å². The van der Waals surface area contributed by atoms with Crippen LogP contribution in [0.3, 0.4) is 0 Å². The molecule has 0 fully saturated rings. The van der Waals surface area contributed by atoms with Gasteiger partial charge in [-0.05, 0) is 18.2 Å². The van der Waals surface area contributed by atoms with Gasteiger partial charge in [-0.15, -0.1) is 0 Å². The first-order valence-electron chi connectivity index (χ1n) is 4.18. The number of anilines is 1. The lowest BCUT2D eigenvalue weighted by Crippen LogP contribution is -2.20. The molecule has 7 heteroatoms. The largest absolute Gasteiger partial charge is 0.482 e. The second-order valence-electron chi connectivity index (χ2n) is 3.01. The van der Waals surface area contributed by atoms with Crippen LogP contribution in [0.25, 0.3) is 0 Å². The van der Waals surface area contributed by atoms with Crippen LogP contribution in [0.1, 0.15) is 5.56 Å². The van der Waals surface area contributed by atoms with Crippen LogP contribution in [0.5, 0.6) is 5.75 Å². The highest BCUT2D eigenvalue weighted by Crippen LogP contribution is 2.33. The van der Waals surface area contributed by atoms with Crippen LogP contribution in [-0.4, -0.2) is 12.5 Å². The lowest BCUT2D eigenvalue weighted by Gasteiger charge is -2.10. The van der Waals surface area contributed by atoms with Crippen LogP contribution in [0.4, 0.5) is 18.9 Å². The highest BCUT2D eigenvalue weighted by atomic mass is 19.4. The molecule has 0 atom stereocenters. The number of alkyl halides is 3. The zero-order chi connectivity index (χ0) is 12.3. The number of carbonyl (C=O) groups excluding carboxylic acids is 1. The number of halogens is 3. The third kappa shape index (κ3) is 3.04. The van der Waals surface area contributed by atoms with E-state index in [1.54, 1.807) is 0 Å². The number of carbonyl (C=O) groups is 1. The van der Waals surface area contributed by atoms with E-state index in [0.717, 1.165) is 18.2 Å². The first kappa shape index (κ1) is 12.2. The van der Waals surface area contributed by atoms with Gasteiger partial charge in [-0.1, -0.05) is 0 Å². The van der Waals surface area contributed by atoms with Crippen LogP contribution >= 0.6 is 0 Å². The van der Waals surface area contributed by atoms with Gasteiger partial charge in [-0.3, -0.25) is 4.79 Å². The number of hydrogen-bond donors (Lipinski definition) is 2. The van der Waals surface area contributed by atoms with E-state index in [4.69, 9.17) is 16.2 Å². The summed E-state index contributed by atoms with van der Waals surface area (Å²) < 4.78 is 41.5. The zero-order valence-electron chi connectivity index (χ0n) is 8.04. The predicted octanol–water partition coefficient (Wildman–Crippen LogP) is 1.15. The molecule has 1 amide bonds. The first-order chi connectivity index (χ1) is 7.30. The Hall–Kier alpha value is -1.92. The molecule has 0 bridgehead atoms. The van der Waals surface area contributed by atoms with Gasteiger partial charge in [0.2, 0.25) is 0 Å². The Morgan fingerprint density at radius 3 is 2.44 bits per heavy atom. The molecule has 0 radical (unpaired) electrons. The lowest BCUT2D eigenvalue weighted by molar-refractivity contribution is -0.137. The minimum Gasteiger partial charge on any atom is -0.482 e. The minimum absolute atomic E-state index is 0.00759. The fraction of sp³-hybridized carbons (Fsp3) is 0.222. The molecule has 0 aliphatic carbocycles. The molecule has 4 N–H and O–H groups in total. The molecule has 0 aliphatic heterocycles. The van der Waals surface area contributed by atoms with Crippen molar-refractivity contribution in [3.05, 3.63) is 23.8 Å². The fourth-order valence-electron chi connectivity index (χ4n) is 1.01. The van der Waals surface area contributed by atoms with Gasteiger partial charge in [0, 0.05) is 0 Å². The van der Waals surface area contributed by atoms with Crippen molar-refractivity contribution in [1.82, 2.24) is 0 Å². The van der Waals surface area contributed by atoms with E-state index in [1.807, 2.05) is 0 Å². The Kier molecular flexibility index (Phi) is 3.26. The van der Waals surface area contributed by atoms with Crippen LogP contribution in [-0.2, 0) is 11.0 Å². The normalized spacial score (nSPS) is 11.2. The van der Waals surface area contributed by atoms with Gasteiger partial charge in [-0.25, -0.2) is 0 Å². The van der Waals surface area contributed by atoms with Crippen molar-refractivity contribution in [3.63, 3.8) is 0 Å². The van der Waals surface area contributed by atoms with Crippen molar-refractivity contribution in [2.24, 2.45) is 5.73 Å². The van der Waals surface area contributed by atoms with Crippen LogP contribution in [0.2, 0.25) is 0 Å². The summed E-state index contributed by atoms with van der Waals surface area (Å²) >= 11 is 0. The van der Waals surface area contributed by atoms with Gasteiger partial charge < -0.3 is 16.2 Å². The molecule has 0 heterocycles. The second-order valence-corrected chi connectivity index (χ2v) is 3.01. The van der Waals surface area contributed by atoms with E-state index in [0.29, 0.717) is 0 Å². The number of primary amides is 1. The van der Waals surface area contributed by atoms with Crippen molar-refractivity contribution < 1.29 is 22.7 Å². The predicted molar refractivity (Wildman–Crippen MR) is 50.5 cm³/mol. The SMILES string of the molecule is NC(=O)COc1ccc(C(F)(F)F)cc1N. The monoisotopic (exact) mass is 234 g/mol. The number of amides is 1. The Bertz CT molecular complexity index is 404. The van der Waals surface area contributed by atoms with Crippen molar-refractivity contribution in [2.45, 2.75) is 6.18 Å². The fourth-order valence-corrected chi connectivity index (χ4v) is 1.01. The molecule has 0 saturated heterocycles. The summed E-state index contributed by atoms with van der Waals surface area (Å²) in [6.45, 7) is -0.435. The molecular formula is C9H9F3N2O2. The van der Waals surface area contributed by atoms with Crippen LogP contribution < -0.4 is 16.2 Å². The Morgan fingerprint density at radius 1 is 1.38 bits per heavy atom. The summed E-state index contributed by atoms with van der Waals surface area (Å²) in [5.74, 6) is -0.744. The smallest absolute Gasteiger partial charge is 0.416 e. The van der Waals surface area contributed by atoms with E-state index >= 15 is 0 Å². The highest BCUT2D eigenvalue weighted by molar-refractivity contribution is 5.75. The maximum atomic E-state index is 12.2. The molecule has 0 unspecified atom stereocenters. The number of ether oxygens (including phenoxy) is 1. The molecule has 88 valence electrons. The van der Waals surface area contributed by atoms with E-state index in [-0.39, 0.29) is 11.4 Å². The van der Waals surface area contributed by atoms with Crippen molar-refractivity contribution in [3.8, 4) is 5.75 Å². The van der Waals surface area contributed by atoms with Gasteiger partial charge in [0.1, 0.15) is 5.75 Å². The Morgan fingerprint density at radius 2 is 2.00 bits per heavy atom. The third-order valence-electron chi connectivity index (χ3n) is 1.71. The second kappa shape index (κ2) is 4.30. The van der Waals surface area contributed by atoms with E-state index in [9.17, 15) is 18.0 Å². The summed E-state index contributed by atoms with van der Waals surface area (Å²) in [4.78, 5) is 10.4. The van der Waals surface area contributed by atoms with E-state index in [1.165, 1.54) is 0 Å². The average molecular weight is 234 g/mol. The first-order valence-corrected chi connectivity index (χ1v) is 4.18. The summed E-state index contributed by atoms with van der Waals surface area (Å²) in [6, 6.07) is 2.59. The maximum absolute atomic E-state index is 12.2. The molecule has 0 aromatic heterocycles. The van der Waals surface area contributed by atoms with Gasteiger partial charge in [0.25, 0.3) is 5.91 Å². The highest BCUT2D eigenvalue weighted by Gasteiger charge is 2.30. The maximum Gasteiger partial charge on any atom is 0.416 e. The van der Waals surface area contributed by atoms with Gasteiger partial charge >= 0.3 is 6.18 Å². The molecule has 0 aliphatic rings. The topological polar surface area (TPSA) is 78.3 Å². The lowest BCUT2D eigenvalue weighted by atomic mass is 10.2. The molecule has 1 rings (SSSR count). The molecule has 0 spiro atoms. The number of hydrogen-bond acceptors (Lipinski definition) is 3. The molecular weight excluding hydrogens is 225 g/mol. The molecule has 16 heavy (non-hydrogen) atoms. The summed E-state index contributed by atoms with van der Waals surface area (Å²) in [5.41, 5.74) is 9.06. The van der Waals surface area contributed by atoms with Crippen LogP contribution in [0, 0.1) is 0 Å². The third-order valence-corrected chi connectivity index (χ3v) is 1.71. The number of rotatable bonds is 3. The van der Waals surface area contributed by atoms with E-state index < -0.39 is 24.3 Å². The summed E-state index contributed by atoms with van der Waals surface area (Å²) in [5, 5.41) is 0. The van der Waals surface area contributed by atoms with Crippen molar-refractivity contribution >= 4 is 11.6 Å². The molecule has 0 saturated carbocycles. The van der Waals surface area contributed by atoms with Crippen molar-refractivity contribution in [2.75, 3.05) is 12.3 Å². The zero-order valence-corrected chi connectivity index (χ0v) is 8.04. The standard InChI is InChI=1S/C9H9F3N2O2/c10-9(11,12)5-1-2-7(6(13)3-5)16-4-8(14)15/h1-3H,4,13H2,(H2,14,15). The summed E-state index contributed by atoms with van der Waals surface area (Å²) in [7, 11) is 0.